The fourth-order valence-electron chi connectivity index (χ4n) is 2.90. The number of nitrogens with zero attached hydrogens (tertiary/aromatic N) is 3. The van der Waals surface area contributed by atoms with Gasteiger partial charge in [0.05, 0.1) is 18.7 Å². The van der Waals surface area contributed by atoms with Crippen molar-refractivity contribution >= 4 is 40.5 Å². The molecule has 0 aliphatic rings. The Morgan fingerprint density at radius 3 is 3.00 bits per heavy atom. The number of amides is 1. The second-order valence-electron chi connectivity index (χ2n) is 6.36. The Morgan fingerprint density at radius 2 is 2.10 bits per heavy atom. The van der Waals surface area contributed by atoms with Crippen LogP contribution in [0.25, 0.3) is 17.1 Å². The van der Waals surface area contributed by atoms with Crippen molar-refractivity contribution in [3.8, 4) is 5.75 Å². The summed E-state index contributed by atoms with van der Waals surface area (Å²) in [6.45, 7) is 0. The lowest BCUT2D eigenvalue weighted by molar-refractivity contribution is -0.111. The van der Waals surface area contributed by atoms with Crippen LogP contribution in [0, 0.1) is 0 Å². The van der Waals surface area contributed by atoms with E-state index < -0.39 is 0 Å². The molecule has 2 aromatic heterocycles. The van der Waals surface area contributed by atoms with Gasteiger partial charge < -0.3 is 10.1 Å². The molecule has 0 radical (unpaired) electrons. The fourth-order valence-corrected chi connectivity index (χ4v) is 3.81. The summed E-state index contributed by atoms with van der Waals surface area (Å²) in [6, 6.07) is 15.3. The van der Waals surface area contributed by atoms with Crippen molar-refractivity contribution in [1.82, 2.24) is 20.2 Å². The van der Waals surface area contributed by atoms with Crippen molar-refractivity contribution in [2.75, 3.05) is 12.4 Å². The summed E-state index contributed by atoms with van der Waals surface area (Å²) in [4.78, 5) is 20.8. The van der Waals surface area contributed by atoms with Crippen molar-refractivity contribution in [1.29, 1.82) is 0 Å². The van der Waals surface area contributed by atoms with Gasteiger partial charge in [-0.1, -0.05) is 30.3 Å². The van der Waals surface area contributed by atoms with Gasteiger partial charge in [-0.05, 0) is 29.8 Å². The van der Waals surface area contributed by atoms with E-state index in [9.17, 15) is 4.79 Å². The molecular formula is C22H19N5O2S. The predicted octanol–water partition coefficient (Wildman–Crippen LogP) is 4.31. The third-order valence-electron chi connectivity index (χ3n) is 4.33. The second kappa shape index (κ2) is 9.23. The Bertz CT molecular complexity index is 1200. The summed E-state index contributed by atoms with van der Waals surface area (Å²) in [5.41, 5.74) is 3.37. The summed E-state index contributed by atoms with van der Waals surface area (Å²) in [7, 11) is 1.61. The van der Waals surface area contributed by atoms with Gasteiger partial charge >= 0.3 is 0 Å². The number of nitrogens with one attached hydrogen (secondary N) is 2. The number of carbonyl (C=O) groups excluding carboxylic acids is 1. The van der Waals surface area contributed by atoms with E-state index >= 15 is 0 Å². The van der Waals surface area contributed by atoms with E-state index in [2.05, 4.69) is 25.5 Å². The van der Waals surface area contributed by atoms with Gasteiger partial charge in [0.25, 0.3) is 0 Å². The van der Waals surface area contributed by atoms with Crippen LogP contribution in [-0.2, 0) is 10.5 Å². The van der Waals surface area contributed by atoms with Gasteiger partial charge in [-0.25, -0.2) is 9.97 Å². The highest BCUT2D eigenvalue weighted by Gasteiger charge is 2.07. The first-order chi connectivity index (χ1) is 14.7. The number of benzene rings is 2. The normalized spacial score (nSPS) is 11.1. The number of aromatic nitrogens is 4. The van der Waals surface area contributed by atoms with Gasteiger partial charge in [0.2, 0.25) is 5.91 Å². The van der Waals surface area contributed by atoms with Gasteiger partial charge in [-0.15, -0.1) is 11.8 Å². The van der Waals surface area contributed by atoms with Gasteiger partial charge in [0.15, 0.2) is 5.65 Å². The molecule has 0 aliphatic heterocycles. The minimum absolute atomic E-state index is 0.207. The number of ether oxygens (including phenoxy) is 1. The molecule has 0 fully saturated rings. The molecule has 0 aliphatic carbocycles. The standard InChI is InChI=1S/C22H19N5O2S/c1-29-19-8-3-2-6-16(19)9-10-20(28)26-17-7-4-5-15(11-17)13-30-22-18-12-25-27-21(18)23-14-24-22/h2-12,14H,13H2,1H3,(H,26,28)(H,23,24,25,27). The molecule has 2 heterocycles. The van der Waals surface area contributed by atoms with Crippen molar-refractivity contribution < 1.29 is 9.53 Å². The molecule has 0 spiro atoms. The average molecular weight is 417 g/mol. The third-order valence-corrected chi connectivity index (χ3v) is 5.41. The van der Waals surface area contributed by atoms with Gasteiger partial charge in [0, 0.05) is 23.1 Å². The fraction of sp³-hybridized carbons (Fsp3) is 0.0909. The highest BCUT2D eigenvalue weighted by molar-refractivity contribution is 7.98. The zero-order valence-corrected chi connectivity index (χ0v) is 17.0. The van der Waals surface area contributed by atoms with Gasteiger partial charge in [-0.3, -0.25) is 9.89 Å². The molecule has 8 heteroatoms. The summed E-state index contributed by atoms with van der Waals surface area (Å²) in [6.07, 6.45) is 6.48. The molecule has 7 nitrogen and oxygen atoms in total. The van der Waals surface area contributed by atoms with Crippen LogP contribution in [0.3, 0.4) is 0 Å². The minimum Gasteiger partial charge on any atom is -0.496 e. The smallest absolute Gasteiger partial charge is 0.248 e. The summed E-state index contributed by atoms with van der Waals surface area (Å²) < 4.78 is 5.30. The van der Waals surface area contributed by atoms with E-state index in [0.717, 1.165) is 38.6 Å². The highest BCUT2D eigenvalue weighted by atomic mass is 32.2. The van der Waals surface area contributed by atoms with Crippen molar-refractivity contribution in [3.05, 3.63) is 78.3 Å². The molecule has 2 aromatic carbocycles. The molecule has 4 aromatic rings. The van der Waals surface area contributed by atoms with Crippen LogP contribution in [0.15, 0.2) is 72.2 Å². The molecule has 0 unspecified atom stereocenters. The lowest BCUT2D eigenvalue weighted by atomic mass is 10.2. The maximum absolute atomic E-state index is 12.3. The molecule has 1 amide bonds. The molecule has 0 atom stereocenters. The van der Waals surface area contributed by atoms with E-state index in [-0.39, 0.29) is 5.91 Å². The number of fused-ring (bicyclic) bond motifs is 1. The molecule has 150 valence electrons. The largest absolute Gasteiger partial charge is 0.496 e. The highest BCUT2D eigenvalue weighted by Crippen LogP contribution is 2.27. The minimum atomic E-state index is -0.207. The zero-order valence-electron chi connectivity index (χ0n) is 16.2. The maximum atomic E-state index is 12.3. The summed E-state index contributed by atoms with van der Waals surface area (Å²) in [5, 5.41) is 11.5. The number of hydrogen-bond acceptors (Lipinski definition) is 6. The topological polar surface area (TPSA) is 92.8 Å². The van der Waals surface area contributed by atoms with Crippen LogP contribution >= 0.6 is 11.8 Å². The number of H-pyrrole nitrogens is 1. The average Bonchev–Trinajstić information content (AvgIpc) is 3.26. The Hall–Kier alpha value is -3.65. The number of rotatable bonds is 7. The number of para-hydroxylation sites is 1. The Labute approximate surface area is 177 Å². The molecule has 4 rings (SSSR count). The summed E-state index contributed by atoms with van der Waals surface area (Å²) >= 11 is 1.60. The summed E-state index contributed by atoms with van der Waals surface area (Å²) in [5.74, 6) is 1.22. The maximum Gasteiger partial charge on any atom is 0.248 e. The molecule has 0 saturated heterocycles. The molecule has 2 N–H and O–H groups in total. The van der Waals surface area contributed by atoms with Crippen LogP contribution in [0.2, 0.25) is 0 Å². The Morgan fingerprint density at radius 1 is 1.20 bits per heavy atom. The van der Waals surface area contributed by atoms with E-state index in [1.807, 2.05) is 48.5 Å². The van der Waals surface area contributed by atoms with E-state index in [1.165, 1.54) is 12.4 Å². The predicted molar refractivity (Wildman–Crippen MR) is 118 cm³/mol. The van der Waals surface area contributed by atoms with Gasteiger partial charge in [-0.2, -0.15) is 5.10 Å². The molecule has 30 heavy (non-hydrogen) atoms. The van der Waals surface area contributed by atoms with Crippen LogP contribution in [0.5, 0.6) is 5.75 Å². The number of anilines is 1. The first kappa shape index (κ1) is 19.7. The van der Waals surface area contributed by atoms with Crippen LogP contribution in [0.1, 0.15) is 11.1 Å². The number of methoxy groups -OCH3 is 1. The monoisotopic (exact) mass is 417 g/mol. The van der Waals surface area contributed by atoms with Crippen molar-refractivity contribution in [2.45, 2.75) is 10.8 Å². The van der Waals surface area contributed by atoms with Crippen LogP contribution in [-0.4, -0.2) is 33.2 Å². The van der Waals surface area contributed by atoms with E-state index in [0.29, 0.717) is 5.75 Å². The number of carbonyl (C=O) groups is 1. The second-order valence-corrected chi connectivity index (χ2v) is 7.33. The third kappa shape index (κ3) is 4.66. The number of hydrogen-bond donors (Lipinski definition) is 2. The zero-order chi connectivity index (χ0) is 20.8. The van der Waals surface area contributed by atoms with E-state index in [1.54, 1.807) is 31.1 Å². The first-order valence-electron chi connectivity index (χ1n) is 9.21. The Kier molecular flexibility index (Phi) is 6.05. The first-order valence-corrected chi connectivity index (χ1v) is 10.2. The molecular weight excluding hydrogens is 398 g/mol. The van der Waals surface area contributed by atoms with E-state index in [4.69, 9.17) is 4.74 Å². The number of thioether (sulfide) groups is 1. The lowest BCUT2D eigenvalue weighted by Crippen LogP contribution is -2.07. The van der Waals surface area contributed by atoms with Crippen molar-refractivity contribution in [3.63, 3.8) is 0 Å². The van der Waals surface area contributed by atoms with Crippen LogP contribution < -0.4 is 10.1 Å². The quantitative estimate of drug-likeness (QED) is 0.264. The molecule has 0 bridgehead atoms. The lowest BCUT2D eigenvalue weighted by Gasteiger charge is -2.07. The Balaban J connectivity index is 1.40. The SMILES string of the molecule is COc1ccccc1C=CC(=O)Nc1cccc(CSc2ncnc3[nH]ncc23)c1. The molecule has 0 saturated carbocycles. The number of aromatic amines is 1. The van der Waals surface area contributed by atoms with Crippen LogP contribution in [0.4, 0.5) is 5.69 Å². The van der Waals surface area contributed by atoms with Crippen molar-refractivity contribution in [2.24, 2.45) is 0 Å². The van der Waals surface area contributed by atoms with Gasteiger partial charge in [0.1, 0.15) is 17.1 Å².